The number of amides is 1. The lowest BCUT2D eigenvalue weighted by Crippen LogP contribution is -2.41. The molecule has 0 fully saturated rings. The summed E-state index contributed by atoms with van der Waals surface area (Å²) in [7, 11) is 1.62. The first-order valence-corrected chi connectivity index (χ1v) is 8.71. The summed E-state index contributed by atoms with van der Waals surface area (Å²) < 4.78 is 0. The molecule has 3 aliphatic heterocycles. The topological polar surface area (TPSA) is 72.3 Å². The second kappa shape index (κ2) is 6.49. The van der Waals surface area contributed by atoms with E-state index in [1.807, 2.05) is 46.5 Å². The van der Waals surface area contributed by atoms with Crippen molar-refractivity contribution >= 4 is 41.3 Å². The van der Waals surface area contributed by atoms with Crippen molar-refractivity contribution in [3.63, 3.8) is 0 Å². The maximum atomic E-state index is 12.2. The largest absolute Gasteiger partial charge is 0.381 e. The highest BCUT2D eigenvalue weighted by atomic mass is 35.5. The summed E-state index contributed by atoms with van der Waals surface area (Å²) in [4.78, 5) is 24.0. The van der Waals surface area contributed by atoms with Gasteiger partial charge in [-0.3, -0.25) is 14.8 Å². The van der Waals surface area contributed by atoms with Gasteiger partial charge in [-0.1, -0.05) is 11.6 Å². The third kappa shape index (κ3) is 2.64. The van der Waals surface area contributed by atoms with Gasteiger partial charge in [0.1, 0.15) is 13.3 Å². The van der Waals surface area contributed by atoms with Gasteiger partial charge < -0.3 is 20.4 Å². The number of halogens is 1. The minimum absolute atomic E-state index is 0.144. The zero-order valence-corrected chi connectivity index (χ0v) is 15.1. The lowest BCUT2D eigenvalue weighted by atomic mass is 10.00. The van der Waals surface area contributed by atoms with Gasteiger partial charge in [0.25, 0.3) is 5.91 Å². The third-order valence-corrected chi connectivity index (χ3v) is 5.19. The molecule has 0 saturated carbocycles. The Hall–Kier alpha value is -2.80. The van der Waals surface area contributed by atoms with Crippen molar-refractivity contribution in [1.82, 2.24) is 10.2 Å². The zero-order chi connectivity index (χ0) is 18.1. The van der Waals surface area contributed by atoms with Gasteiger partial charge in [0, 0.05) is 48.7 Å². The van der Waals surface area contributed by atoms with Gasteiger partial charge in [-0.15, -0.1) is 0 Å². The Kier molecular flexibility index (Phi) is 4.16. The number of carbonyl (C=O) groups excluding carboxylic acids is 1. The summed E-state index contributed by atoms with van der Waals surface area (Å²) >= 11 is 7.12. The first-order chi connectivity index (χ1) is 12.6. The zero-order valence-electron chi connectivity index (χ0n) is 14.3. The van der Waals surface area contributed by atoms with Crippen LogP contribution in [0.15, 0.2) is 46.7 Å². The lowest BCUT2D eigenvalue weighted by molar-refractivity contribution is 0.0963. The number of benzene rings is 1. The summed E-state index contributed by atoms with van der Waals surface area (Å²) in [5.74, 6) is -0.144. The van der Waals surface area contributed by atoms with Gasteiger partial charge in [-0.05, 0) is 24.3 Å². The Morgan fingerprint density at radius 2 is 2.00 bits per heavy atom. The molecule has 1 aromatic rings. The van der Waals surface area contributed by atoms with Gasteiger partial charge in [0.15, 0.2) is 5.00 Å². The molecule has 7 nitrogen and oxygen atoms in total. The van der Waals surface area contributed by atoms with Crippen molar-refractivity contribution in [3.05, 3.63) is 47.8 Å². The molecule has 1 atom stereocenters. The summed E-state index contributed by atoms with van der Waals surface area (Å²) in [5, 5.41) is 6.04. The van der Waals surface area contributed by atoms with E-state index in [2.05, 4.69) is 20.6 Å². The van der Waals surface area contributed by atoms with Crippen LogP contribution in [0.1, 0.15) is 15.9 Å². The molecule has 0 bridgehead atoms. The Balaban J connectivity index is 1.85. The number of nitrogens with zero attached hydrogens (tertiary/aromatic N) is 4. The average molecular weight is 371 g/mol. The van der Waals surface area contributed by atoms with Crippen LogP contribution in [0.25, 0.3) is 0 Å². The molecule has 3 aliphatic rings. The molecule has 0 spiro atoms. The number of fused-ring (bicyclic) bond motifs is 1. The van der Waals surface area contributed by atoms with Crippen LogP contribution in [0.2, 0.25) is 0 Å². The van der Waals surface area contributed by atoms with Crippen LogP contribution in [0, 0.1) is 0 Å². The first kappa shape index (κ1) is 16.7. The fourth-order valence-electron chi connectivity index (χ4n) is 3.37. The van der Waals surface area contributed by atoms with Crippen LogP contribution in [0.4, 0.5) is 11.4 Å². The molecule has 0 aliphatic carbocycles. The highest BCUT2D eigenvalue weighted by Crippen LogP contribution is 2.49. The van der Waals surface area contributed by atoms with Crippen molar-refractivity contribution in [3.8, 4) is 0 Å². The Bertz CT molecular complexity index is 861. The van der Waals surface area contributed by atoms with Gasteiger partial charge in [0.2, 0.25) is 0 Å². The van der Waals surface area contributed by atoms with Gasteiger partial charge >= 0.3 is 0 Å². The first-order valence-electron chi connectivity index (χ1n) is 8.33. The van der Waals surface area contributed by atoms with E-state index in [9.17, 15) is 4.79 Å². The summed E-state index contributed by atoms with van der Waals surface area (Å²) in [6.45, 7) is 1.46. The fraction of sp³-hybridized carbons (Fsp3) is 0.278. The summed E-state index contributed by atoms with van der Waals surface area (Å²) in [6, 6.07) is 3.71. The van der Waals surface area contributed by atoms with Crippen molar-refractivity contribution < 1.29 is 4.79 Å². The molecule has 2 N–H and O–H groups in total. The lowest BCUT2D eigenvalue weighted by Gasteiger charge is -2.37. The Labute approximate surface area is 156 Å². The molecule has 0 radical (unpaired) electrons. The molecule has 26 heavy (non-hydrogen) atoms. The average Bonchev–Trinajstić information content (AvgIpc) is 3.06. The van der Waals surface area contributed by atoms with Crippen LogP contribution < -0.4 is 15.5 Å². The molecular formula is C18H19ClN6O. The van der Waals surface area contributed by atoms with Gasteiger partial charge in [0.05, 0.1) is 12.2 Å². The highest BCUT2D eigenvalue weighted by molar-refractivity contribution is 6.26. The number of carbonyl (C=O) groups is 1. The molecule has 1 amide bonds. The third-order valence-electron chi connectivity index (χ3n) is 4.65. The number of hydrogen-bond donors (Lipinski definition) is 2. The van der Waals surface area contributed by atoms with Gasteiger partial charge in [-0.2, -0.15) is 0 Å². The van der Waals surface area contributed by atoms with E-state index >= 15 is 0 Å². The van der Waals surface area contributed by atoms with E-state index in [0.717, 1.165) is 16.9 Å². The van der Waals surface area contributed by atoms with E-state index in [1.165, 1.54) is 0 Å². The smallest absolute Gasteiger partial charge is 0.251 e. The van der Waals surface area contributed by atoms with Crippen molar-refractivity contribution in [2.75, 3.05) is 37.1 Å². The number of alkyl halides is 1. The number of anilines is 2. The van der Waals surface area contributed by atoms with Gasteiger partial charge in [-0.25, -0.2) is 0 Å². The maximum Gasteiger partial charge on any atom is 0.251 e. The fourth-order valence-corrected chi connectivity index (χ4v) is 3.75. The molecule has 3 heterocycles. The van der Waals surface area contributed by atoms with Crippen LogP contribution in [-0.2, 0) is 5.00 Å². The van der Waals surface area contributed by atoms with Crippen LogP contribution in [-0.4, -0.2) is 50.2 Å². The minimum atomic E-state index is -0.796. The number of nitrogens with one attached hydrogen (secondary N) is 2. The molecule has 0 saturated heterocycles. The predicted molar refractivity (Wildman–Crippen MR) is 105 cm³/mol. The van der Waals surface area contributed by atoms with Crippen LogP contribution in [0.3, 0.4) is 0 Å². The molecule has 4 rings (SSSR count). The maximum absolute atomic E-state index is 12.2. The second-order valence-corrected chi connectivity index (χ2v) is 6.80. The van der Waals surface area contributed by atoms with Crippen molar-refractivity contribution in [2.24, 2.45) is 9.98 Å². The predicted octanol–water partition coefficient (Wildman–Crippen LogP) is 2.08. The number of hydrogen-bond acceptors (Lipinski definition) is 6. The van der Waals surface area contributed by atoms with E-state index in [0.29, 0.717) is 25.4 Å². The second-order valence-electron chi connectivity index (χ2n) is 6.18. The van der Waals surface area contributed by atoms with E-state index in [1.54, 1.807) is 19.5 Å². The summed E-state index contributed by atoms with van der Waals surface area (Å²) in [5.41, 5.74) is 3.21. The standard InChI is InChI=1S/C18H19ClN6O/c1-20-17(26)13-8-14-16(15(9-13)24-6-2-4-21-11-24)18(19,10-23-14)25-7-3-5-22-12-25/h2-9,23H,10-12H2,1H3,(H,20,26). The van der Waals surface area contributed by atoms with Crippen molar-refractivity contribution in [2.45, 2.75) is 5.00 Å². The monoisotopic (exact) mass is 370 g/mol. The normalized spacial score (nSPS) is 23.2. The highest BCUT2D eigenvalue weighted by Gasteiger charge is 2.44. The quantitative estimate of drug-likeness (QED) is 0.631. The van der Waals surface area contributed by atoms with E-state index in [-0.39, 0.29) is 5.91 Å². The van der Waals surface area contributed by atoms with Crippen molar-refractivity contribution in [1.29, 1.82) is 0 Å². The van der Waals surface area contributed by atoms with E-state index in [4.69, 9.17) is 11.6 Å². The van der Waals surface area contributed by atoms with Crippen LogP contribution in [0.5, 0.6) is 0 Å². The molecule has 134 valence electrons. The molecule has 1 aromatic carbocycles. The molecular weight excluding hydrogens is 352 g/mol. The number of rotatable bonds is 3. The Morgan fingerprint density at radius 1 is 1.23 bits per heavy atom. The summed E-state index contributed by atoms with van der Waals surface area (Å²) in [6.07, 6.45) is 11.1. The molecule has 0 aromatic heterocycles. The molecule has 8 heteroatoms. The number of allylic oxidation sites excluding steroid dienone is 2. The molecule has 1 unspecified atom stereocenters. The van der Waals surface area contributed by atoms with Crippen LogP contribution >= 0.6 is 11.6 Å². The number of aliphatic imine (C=N–C) groups is 2. The minimum Gasteiger partial charge on any atom is -0.381 e. The Morgan fingerprint density at radius 3 is 2.65 bits per heavy atom. The van der Waals surface area contributed by atoms with E-state index < -0.39 is 5.00 Å². The SMILES string of the molecule is CNC(=O)c1cc2c(c(N3C=CC=NC3)c1)C(Cl)(N1C=CC=NC1)CN2.